The molecule has 0 bridgehead atoms. The van der Waals surface area contributed by atoms with Crippen LogP contribution < -0.4 is 5.32 Å². The van der Waals surface area contributed by atoms with Gasteiger partial charge in [0.25, 0.3) is 5.91 Å². The molecule has 33 heavy (non-hydrogen) atoms. The van der Waals surface area contributed by atoms with E-state index in [1.807, 2.05) is 37.3 Å². The summed E-state index contributed by atoms with van der Waals surface area (Å²) in [5, 5.41) is 5.26. The van der Waals surface area contributed by atoms with E-state index in [0.717, 1.165) is 44.5 Å². The summed E-state index contributed by atoms with van der Waals surface area (Å²) in [5.74, 6) is -0.652. The number of anilines is 1. The molecule has 0 saturated heterocycles. The van der Waals surface area contributed by atoms with Crippen molar-refractivity contribution in [3.05, 3.63) is 74.4 Å². The second-order valence-corrected chi connectivity index (χ2v) is 10.3. The van der Waals surface area contributed by atoms with E-state index in [-0.39, 0.29) is 12.5 Å². The Labute approximate surface area is 206 Å². The first-order chi connectivity index (χ1) is 15.9. The van der Waals surface area contributed by atoms with Crippen molar-refractivity contribution in [2.75, 3.05) is 11.9 Å². The number of fused-ring (bicyclic) bond motifs is 1. The van der Waals surface area contributed by atoms with Crippen molar-refractivity contribution in [3.63, 3.8) is 0 Å². The number of nitrogens with one attached hydrogen (secondary N) is 1. The maximum atomic E-state index is 13.5. The quantitative estimate of drug-likeness (QED) is 0.263. The fraction of sp³-hybridized carbons (Fsp3) is 0.231. The standard InChI is InChI=1S/C26H24ClNO3S2/c1-4-8-19-18-9-6-7-10-20(18)33-23(19)24(29)28-25-22(26(30)31-5-2)21(15(3)32-25)16-11-13-17(27)14-12-16/h6-7,9-14H,4-5,8H2,1-3H3,(H,28,29). The van der Waals surface area contributed by atoms with E-state index in [1.165, 1.54) is 22.7 Å². The Kier molecular flexibility index (Phi) is 7.17. The van der Waals surface area contributed by atoms with Gasteiger partial charge in [-0.05, 0) is 55.0 Å². The molecule has 0 atom stereocenters. The molecule has 0 fully saturated rings. The van der Waals surface area contributed by atoms with Crippen molar-refractivity contribution in [2.45, 2.75) is 33.6 Å². The second-order valence-electron chi connectivity index (χ2n) is 7.57. The summed E-state index contributed by atoms with van der Waals surface area (Å²) in [6, 6.07) is 15.4. The van der Waals surface area contributed by atoms with Gasteiger partial charge in [0.15, 0.2) is 0 Å². The molecule has 0 aliphatic rings. The lowest BCUT2D eigenvalue weighted by atomic mass is 10.0. The monoisotopic (exact) mass is 497 g/mol. The number of hydrogen-bond donors (Lipinski definition) is 1. The number of hydrogen-bond acceptors (Lipinski definition) is 5. The van der Waals surface area contributed by atoms with Crippen LogP contribution in [0.4, 0.5) is 5.00 Å². The molecule has 2 aromatic heterocycles. The fourth-order valence-electron chi connectivity index (χ4n) is 3.94. The van der Waals surface area contributed by atoms with Crippen molar-refractivity contribution >= 4 is 61.2 Å². The minimum absolute atomic E-state index is 0.200. The van der Waals surface area contributed by atoms with Gasteiger partial charge in [-0.2, -0.15) is 0 Å². The van der Waals surface area contributed by atoms with Crippen molar-refractivity contribution < 1.29 is 14.3 Å². The Balaban J connectivity index is 1.78. The lowest BCUT2D eigenvalue weighted by Crippen LogP contribution is -2.15. The van der Waals surface area contributed by atoms with Crippen LogP contribution >= 0.6 is 34.3 Å². The van der Waals surface area contributed by atoms with Gasteiger partial charge in [-0.25, -0.2) is 4.79 Å². The van der Waals surface area contributed by atoms with Gasteiger partial charge in [0, 0.05) is 20.2 Å². The second kappa shape index (κ2) is 10.1. The van der Waals surface area contributed by atoms with Gasteiger partial charge in [0.1, 0.15) is 10.6 Å². The molecule has 4 nitrogen and oxygen atoms in total. The van der Waals surface area contributed by atoms with Crippen LogP contribution in [0, 0.1) is 6.92 Å². The minimum Gasteiger partial charge on any atom is -0.462 e. The summed E-state index contributed by atoms with van der Waals surface area (Å²) in [5.41, 5.74) is 3.05. The van der Waals surface area contributed by atoms with Gasteiger partial charge >= 0.3 is 5.97 Å². The smallest absolute Gasteiger partial charge is 0.341 e. The summed E-state index contributed by atoms with van der Waals surface area (Å²) in [4.78, 5) is 28.0. The third-order valence-corrected chi connectivity index (χ3v) is 7.81. The van der Waals surface area contributed by atoms with Gasteiger partial charge < -0.3 is 10.1 Å². The molecule has 1 N–H and O–H groups in total. The van der Waals surface area contributed by atoms with Gasteiger partial charge in [-0.3, -0.25) is 4.79 Å². The van der Waals surface area contributed by atoms with Gasteiger partial charge in [-0.15, -0.1) is 22.7 Å². The van der Waals surface area contributed by atoms with Crippen molar-refractivity contribution in [2.24, 2.45) is 0 Å². The van der Waals surface area contributed by atoms with Crippen LogP contribution in [0.5, 0.6) is 0 Å². The number of benzene rings is 2. The highest BCUT2D eigenvalue weighted by Gasteiger charge is 2.27. The number of halogens is 1. The van der Waals surface area contributed by atoms with E-state index in [9.17, 15) is 9.59 Å². The molecule has 2 heterocycles. The molecule has 2 aromatic carbocycles. The highest BCUT2D eigenvalue weighted by molar-refractivity contribution is 7.21. The summed E-state index contributed by atoms with van der Waals surface area (Å²) in [6.45, 7) is 6.06. The lowest BCUT2D eigenvalue weighted by Gasteiger charge is -2.10. The van der Waals surface area contributed by atoms with Gasteiger partial charge in [-0.1, -0.05) is 55.3 Å². The summed E-state index contributed by atoms with van der Waals surface area (Å²) >= 11 is 8.93. The molecule has 0 spiro atoms. The largest absolute Gasteiger partial charge is 0.462 e. The molecule has 7 heteroatoms. The molecule has 170 valence electrons. The lowest BCUT2D eigenvalue weighted by molar-refractivity contribution is 0.0529. The zero-order chi connectivity index (χ0) is 23.5. The molecule has 0 radical (unpaired) electrons. The van der Waals surface area contributed by atoms with Crippen molar-refractivity contribution in [3.8, 4) is 11.1 Å². The fourth-order valence-corrected chi connectivity index (χ4v) is 6.27. The van der Waals surface area contributed by atoms with E-state index in [0.29, 0.717) is 20.5 Å². The number of esters is 1. The van der Waals surface area contributed by atoms with E-state index in [4.69, 9.17) is 16.3 Å². The third kappa shape index (κ3) is 4.69. The number of aryl methyl sites for hydroxylation is 2. The van der Waals surface area contributed by atoms with Crippen LogP contribution in [0.25, 0.3) is 21.2 Å². The number of rotatable bonds is 7. The minimum atomic E-state index is -0.452. The van der Waals surface area contributed by atoms with Crippen LogP contribution in [0.15, 0.2) is 48.5 Å². The zero-order valence-corrected chi connectivity index (χ0v) is 21.0. The van der Waals surface area contributed by atoms with Crippen LogP contribution in [0.1, 0.15) is 50.7 Å². The summed E-state index contributed by atoms with van der Waals surface area (Å²) in [6.07, 6.45) is 1.75. The first-order valence-corrected chi connectivity index (χ1v) is 12.8. The van der Waals surface area contributed by atoms with Crippen LogP contribution in [-0.4, -0.2) is 18.5 Å². The topological polar surface area (TPSA) is 55.4 Å². The number of thiophene rings is 2. The summed E-state index contributed by atoms with van der Waals surface area (Å²) in [7, 11) is 0. The number of ether oxygens (including phenoxy) is 1. The van der Waals surface area contributed by atoms with Crippen molar-refractivity contribution in [1.29, 1.82) is 0 Å². The molecule has 4 rings (SSSR count). The average molecular weight is 498 g/mol. The van der Waals surface area contributed by atoms with Crippen LogP contribution in [0.3, 0.4) is 0 Å². The van der Waals surface area contributed by atoms with Gasteiger partial charge in [0.2, 0.25) is 0 Å². The third-order valence-electron chi connectivity index (χ3n) is 5.33. The molecular weight excluding hydrogens is 474 g/mol. The first kappa shape index (κ1) is 23.5. The van der Waals surface area contributed by atoms with E-state index in [1.54, 1.807) is 19.1 Å². The Morgan fingerprint density at radius 3 is 2.45 bits per heavy atom. The van der Waals surface area contributed by atoms with Crippen LogP contribution in [-0.2, 0) is 11.2 Å². The predicted octanol–water partition coefficient (Wildman–Crippen LogP) is 7.97. The van der Waals surface area contributed by atoms with Crippen molar-refractivity contribution in [1.82, 2.24) is 0 Å². The molecule has 0 saturated carbocycles. The van der Waals surface area contributed by atoms with E-state index >= 15 is 0 Å². The maximum Gasteiger partial charge on any atom is 0.341 e. The number of amides is 1. The summed E-state index contributed by atoms with van der Waals surface area (Å²) < 4.78 is 6.44. The first-order valence-electron chi connectivity index (χ1n) is 10.8. The Morgan fingerprint density at radius 1 is 1.03 bits per heavy atom. The molecular formula is C26H24ClNO3S2. The Bertz CT molecular complexity index is 1320. The van der Waals surface area contributed by atoms with Gasteiger partial charge in [0.05, 0.1) is 11.5 Å². The van der Waals surface area contributed by atoms with E-state index in [2.05, 4.69) is 18.3 Å². The van der Waals surface area contributed by atoms with Crippen LogP contribution in [0.2, 0.25) is 5.02 Å². The maximum absolute atomic E-state index is 13.5. The average Bonchev–Trinajstić information content (AvgIpc) is 3.32. The normalized spacial score (nSPS) is 11.0. The molecule has 0 unspecified atom stereocenters. The molecule has 4 aromatic rings. The Hall–Kier alpha value is -2.67. The van der Waals surface area contributed by atoms with E-state index < -0.39 is 5.97 Å². The highest BCUT2D eigenvalue weighted by Crippen LogP contribution is 2.41. The zero-order valence-electron chi connectivity index (χ0n) is 18.7. The number of carbonyl (C=O) groups is 2. The molecule has 0 aliphatic carbocycles. The number of carbonyl (C=O) groups excluding carboxylic acids is 2. The SMILES string of the molecule is CCCc1c(C(=O)Nc2sc(C)c(-c3ccc(Cl)cc3)c2C(=O)OCC)sc2ccccc12. The molecule has 1 amide bonds. The highest BCUT2D eigenvalue weighted by atomic mass is 35.5. The molecule has 0 aliphatic heterocycles. The predicted molar refractivity (Wildman–Crippen MR) is 139 cm³/mol. The Morgan fingerprint density at radius 2 is 1.76 bits per heavy atom.